The van der Waals surface area contributed by atoms with E-state index in [1.807, 2.05) is 24.3 Å². The van der Waals surface area contributed by atoms with Crippen LogP contribution in [0.2, 0.25) is 0 Å². The highest BCUT2D eigenvalue weighted by Crippen LogP contribution is 2.19. The lowest BCUT2D eigenvalue weighted by Gasteiger charge is -2.07. The van der Waals surface area contributed by atoms with Gasteiger partial charge in [0.25, 0.3) is 0 Å². The molecule has 0 radical (unpaired) electrons. The SMILES string of the molecule is O=C(OCC1CO1)Oc1ccc(Cc2ccc(OC(=O)OCC3CO3)cc2)cc1. The average molecular weight is 400 g/mol. The highest BCUT2D eigenvalue weighted by Gasteiger charge is 2.25. The van der Waals surface area contributed by atoms with E-state index in [2.05, 4.69) is 0 Å². The van der Waals surface area contributed by atoms with Crippen LogP contribution in [0.25, 0.3) is 0 Å². The second-order valence-electron chi connectivity index (χ2n) is 6.70. The monoisotopic (exact) mass is 400 g/mol. The van der Waals surface area contributed by atoms with E-state index in [0.29, 0.717) is 31.1 Å². The zero-order valence-electron chi connectivity index (χ0n) is 15.6. The van der Waals surface area contributed by atoms with Crippen LogP contribution in [0.1, 0.15) is 11.1 Å². The van der Waals surface area contributed by atoms with Crippen LogP contribution in [0.15, 0.2) is 48.5 Å². The first-order valence-corrected chi connectivity index (χ1v) is 9.24. The third kappa shape index (κ3) is 6.48. The summed E-state index contributed by atoms with van der Waals surface area (Å²) in [4.78, 5) is 23.1. The topological polar surface area (TPSA) is 96.1 Å². The van der Waals surface area contributed by atoms with E-state index in [4.69, 9.17) is 28.4 Å². The summed E-state index contributed by atoms with van der Waals surface area (Å²) in [6.07, 6.45) is -0.804. The predicted molar refractivity (Wildman–Crippen MR) is 99.1 cm³/mol. The second kappa shape index (κ2) is 8.93. The van der Waals surface area contributed by atoms with E-state index in [1.165, 1.54) is 0 Å². The normalized spacial score (nSPS) is 19.2. The smallest absolute Gasteiger partial charge is 0.431 e. The Balaban J connectivity index is 1.22. The minimum absolute atomic E-state index is 0.00435. The van der Waals surface area contributed by atoms with Crippen molar-refractivity contribution in [1.82, 2.24) is 0 Å². The van der Waals surface area contributed by atoms with Gasteiger partial charge in [-0.2, -0.15) is 0 Å². The molecule has 0 amide bonds. The van der Waals surface area contributed by atoms with Gasteiger partial charge in [-0.05, 0) is 41.8 Å². The van der Waals surface area contributed by atoms with E-state index >= 15 is 0 Å². The van der Waals surface area contributed by atoms with Crippen molar-refractivity contribution in [2.24, 2.45) is 0 Å². The molecule has 0 N–H and O–H groups in total. The molecule has 0 spiro atoms. The Morgan fingerprint density at radius 2 is 1.10 bits per heavy atom. The summed E-state index contributed by atoms with van der Waals surface area (Å²) in [6, 6.07) is 14.3. The number of carbonyl (C=O) groups is 2. The summed E-state index contributed by atoms with van der Waals surface area (Å²) in [5.74, 6) is 0.823. The number of ether oxygens (including phenoxy) is 6. The third-order valence-corrected chi connectivity index (χ3v) is 4.24. The first-order valence-electron chi connectivity index (χ1n) is 9.24. The van der Waals surface area contributed by atoms with E-state index in [0.717, 1.165) is 11.1 Å². The van der Waals surface area contributed by atoms with Crippen LogP contribution in [0.5, 0.6) is 11.5 Å². The number of carbonyl (C=O) groups excluding carboxylic acids is 2. The number of benzene rings is 2. The first-order chi connectivity index (χ1) is 14.1. The van der Waals surface area contributed by atoms with Gasteiger partial charge in [-0.25, -0.2) is 9.59 Å². The molecule has 2 saturated heterocycles. The number of hydrogen-bond acceptors (Lipinski definition) is 8. The molecule has 8 heteroatoms. The Hall–Kier alpha value is -3.10. The minimum atomic E-state index is -0.743. The lowest BCUT2D eigenvalue weighted by molar-refractivity contribution is 0.0911. The maximum Gasteiger partial charge on any atom is 0.513 e. The molecule has 2 unspecified atom stereocenters. The number of epoxide rings is 2. The molecule has 2 heterocycles. The van der Waals surface area contributed by atoms with Gasteiger partial charge in [0.1, 0.15) is 36.9 Å². The highest BCUT2D eigenvalue weighted by molar-refractivity contribution is 5.64. The van der Waals surface area contributed by atoms with Crippen molar-refractivity contribution in [3.63, 3.8) is 0 Å². The molecule has 2 aromatic carbocycles. The van der Waals surface area contributed by atoms with Gasteiger partial charge in [-0.15, -0.1) is 0 Å². The lowest BCUT2D eigenvalue weighted by Crippen LogP contribution is -2.14. The Bertz CT molecular complexity index is 766. The zero-order chi connectivity index (χ0) is 20.1. The Morgan fingerprint density at radius 3 is 1.45 bits per heavy atom. The lowest BCUT2D eigenvalue weighted by atomic mass is 10.0. The standard InChI is InChI=1S/C21H20O8/c22-20(26-12-18-10-24-18)28-16-5-1-14(2-6-16)9-15-3-7-17(8-4-15)29-21(23)27-13-19-11-25-19/h1-8,18-19H,9-13H2. The average Bonchev–Trinajstić information content (AvgIpc) is 3.63. The zero-order valence-corrected chi connectivity index (χ0v) is 15.6. The minimum Gasteiger partial charge on any atom is -0.431 e. The summed E-state index contributed by atoms with van der Waals surface area (Å²) >= 11 is 0. The summed E-state index contributed by atoms with van der Waals surface area (Å²) in [6.45, 7) is 1.66. The van der Waals surface area contributed by atoms with E-state index in [1.54, 1.807) is 24.3 Å². The van der Waals surface area contributed by atoms with Crippen LogP contribution >= 0.6 is 0 Å². The fourth-order valence-electron chi connectivity index (χ4n) is 2.49. The third-order valence-electron chi connectivity index (χ3n) is 4.24. The molecular formula is C21H20O8. The van der Waals surface area contributed by atoms with Gasteiger partial charge in [0, 0.05) is 0 Å². The quantitative estimate of drug-likeness (QED) is 0.379. The molecular weight excluding hydrogens is 380 g/mol. The van der Waals surface area contributed by atoms with Gasteiger partial charge < -0.3 is 28.4 Å². The molecule has 2 aliphatic rings. The van der Waals surface area contributed by atoms with E-state index in [-0.39, 0.29) is 25.4 Å². The van der Waals surface area contributed by atoms with Crippen LogP contribution in [-0.4, -0.2) is 50.9 Å². The Kier molecular flexibility index (Phi) is 5.92. The molecule has 4 rings (SSSR count). The van der Waals surface area contributed by atoms with Crippen molar-refractivity contribution < 1.29 is 38.0 Å². The fraction of sp³-hybridized carbons (Fsp3) is 0.333. The summed E-state index contributed by atoms with van der Waals surface area (Å²) < 4.78 is 30.0. The van der Waals surface area contributed by atoms with Gasteiger partial charge in [0.05, 0.1) is 13.2 Å². The molecule has 29 heavy (non-hydrogen) atoms. The largest absolute Gasteiger partial charge is 0.513 e. The van der Waals surface area contributed by atoms with Gasteiger partial charge in [0.2, 0.25) is 0 Å². The molecule has 2 atom stereocenters. The van der Waals surface area contributed by atoms with Gasteiger partial charge in [-0.3, -0.25) is 0 Å². The fourth-order valence-corrected chi connectivity index (χ4v) is 2.49. The van der Waals surface area contributed by atoms with Crippen molar-refractivity contribution in [3.05, 3.63) is 59.7 Å². The molecule has 0 bridgehead atoms. The van der Waals surface area contributed by atoms with Crippen molar-refractivity contribution in [1.29, 1.82) is 0 Å². The van der Waals surface area contributed by atoms with Crippen molar-refractivity contribution in [2.75, 3.05) is 26.4 Å². The predicted octanol–water partition coefficient (Wildman–Crippen LogP) is 3.11. The van der Waals surface area contributed by atoms with Crippen LogP contribution in [0, 0.1) is 0 Å². The Morgan fingerprint density at radius 1 is 0.724 bits per heavy atom. The second-order valence-corrected chi connectivity index (χ2v) is 6.70. The van der Waals surface area contributed by atoms with Crippen molar-refractivity contribution in [3.8, 4) is 11.5 Å². The van der Waals surface area contributed by atoms with Crippen LogP contribution in [0.4, 0.5) is 9.59 Å². The molecule has 2 aromatic rings. The molecule has 152 valence electrons. The molecule has 2 aliphatic heterocycles. The number of hydrogen-bond donors (Lipinski definition) is 0. The maximum absolute atomic E-state index is 11.6. The van der Waals surface area contributed by atoms with Gasteiger partial charge in [0.15, 0.2) is 0 Å². The highest BCUT2D eigenvalue weighted by atomic mass is 16.7. The molecule has 0 aliphatic carbocycles. The molecule has 2 fully saturated rings. The van der Waals surface area contributed by atoms with E-state index in [9.17, 15) is 9.59 Å². The number of rotatable bonds is 8. The summed E-state index contributed by atoms with van der Waals surface area (Å²) in [5, 5.41) is 0. The van der Waals surface area contributed by atoms with Crippen molar-refractivity contribution >= 4 is 12.3 Å². The van der Waals surface area contributed by atoms with Crippen LogP contribution < -0.4 is 9.47 Å². The first kappa shape index (κ1) is 19.2. The maximum atomic E-state index is 11.6. The Labute approximate surface area is 167 Å². The summed E-state index contributed by atoms with van der Waals surface area (Å²) in [5.41, 5.74) is 2.07. The summed E-state index contributed by atoms with van der Waals surface area (Å²) in [7, 11) is 0. The van der Waals surface area contributed by atoms with Gasteiger partial charge in [-0.1, -0.05) is 24.3 Å². The van der Waals surface area contributed by atoms with Gasteiger partial charge >= 0.3 is 12.3 Å². The van der Waals surface area contributed by atoms with Crippen LogP contribution in [-0.2, 0) is 25.4 Å². The molecule has 0 saturated carbocycles. The van der Waals surface area contributed by atoms with Crippen molar-refractivity contribution in [2.45, 2.75) is 18.6 Å². The van der Waals surface area contributed by atoms with Crippen LogP contribution in [0.3, 0.4) is 0 Å². The van der Waals surface area contributed by atoms with E-state index < -0.39 is 12.3 Å². The molecule has 0 aromatic heterocycles. The molecule has 8 nitrogen and oxygen atoms in total.